The summed E-state index contributed by atoms with van der Waals surface area (Å²) in [6.45, 7) is 0. The molecule has 0 radical (unpaired) electrons. The first-order valence-corrected chi connectivity index (χ1v) is 23.2. The monoisotopic (exact) mass is 663 g/mol. The minimum Gasteiger partial charge on any atom is 1.00 e. The van der Waals surface area contributed by atoms with Gasteiger partial charge in [-0.3, -0.25) is 0 Å². The van der Waals surface area contributed by atoms with Crippen molar-refractivity contribution >= 4 is 81.7 Å². The molecule has 0 aliphatic heterocycles. The summed E-state index contributed by atoms with van der Waals surface area (Å²) in [6, 6.07) is 0. The minimum atomic E-state index is -3.11. The molecule has 11 heavy (non-hydrogen) atoms. The van der Waals surface area contributed by atoms with E-state index >= 15 is 0 Å². The van der Waals surface area contributed by atoms with Gasteiger partial charge in [-0.05, 0) is 0 Å². The summed E-state index contributed by atoms with van der Waals surface area (Å²) >= 11 is 20.0. The van der Waals surface area contributed by atoms with Gasteiger partial charge in [-0.1, -0.05) is 0 Å². The third kappa shape index (κ3) is 82.4. The van der Waals surface area contributed by atoms with E-state index in [4.69, 9.17) is 0 Å². The molecule has 11 heteroatoms. The molecule has 0 rings (SSSR count). The van der Waals surface area contributed by atoms with E-state index in [2.05, 4.69) is 81.7 Å². The van der Waals surface area contributed by atoms with E-state index in [9.17, 15) is 0 Å². The van der Waals surface area contributed by atoms with Gasteiger partial charge < -0.3 is 5.48 Å². The normalized spacial score (nSPS) is 14.7. The molecule has 0 aromatic rings. The summed E-state index contributed by atoms with van der Waals surface area (Å²) < 4.78 is -3.11. The van der Waals surface area contributed by atoms with Crippen LogP contribution in [0.5, 0.6) is 0 Å². The number of rotatable bonds is 0. The summed E-state index contributed by atoms with van der Waals surface area (Å²) in [7, 11) is 0. The summed E-state index contributed by atoms with van der Waals surface area (Å²) in [4.78, 5) is 0. The first kappa shape index (κ1) is 30.5. The van der Waals surface area contributed by atoms with Crippen LogP contribution in [0.3, 0.4) is 0 Å². The molecule has 0 atom stereocenters. The van der Waals surface area contributed by atoms with Crippen molar-refractivity contribution in [2.75, 3.05) is 0 Å². The quantitative estimate of drug-likeness (QED) is 0.233. The fourth-order valence-corrected chi connectivity index (χ4v) is 0. The van der Waals surface area contributed by atoms with Crippen LogP contribution in [0.2, 0.25) is 0 Å². The Balaban J connectivity index is -0.0000000300. The molecular formula is H2Br6Na3ORh. The fraction of sp³-hybridized carbons (Fsp3) is 0. The second kappa shape index (κ2) is 8.55. The van der Waals surface area contributed by atoms with Crippen LogP contribution in [0.4, 0.5) is 0 Å². The SMILES string of the molecule is O.[Br][Rh-3]([Br])([Br])([Br])([Br])[Br].[Na+].[Na+].[Na+]. The van der Waals surface area contributed by atoms with Gasteiger partial charge in [0.25, 0.3) is 0 Å². The largest absolute Gasteiger partial charge is 1.00 e. The zero-order valence-electron chi connectivity index (χ0n) is 6.10. The van der Waals surface area contributed by atoms with Crippen LogP contribution in [0.15, 0.2) is 0 Å². The van der Waals surface area contributed by atoms with Crippen LogP contribution in [0.25, 0.3) is 0 Å². The van der Waals surface area contributed by atoms with Crippen LogP contribution in [-0.2, 0) is 0.665 Å². The zero-order chi connectivity index (χ0) is 6.41. The molecule has 0 aliphatic rings. The van der Waals surface area contributed by atoms with Crippen molar-refractivity contribution in [1.82, 2.24) is 0 Å². The molecule has 0 bridgehead atoms. The molecule has 1 nitrogen and oxygen atoms in total. The van der Waals surface area contributed by atoms with E-state index in [-0.39, 0.29) is 94.1 Å². The van der Waals surface area contributed by atoms with Gasteiger partial charge in [0.05, 0.1) is 0 Å². The van der Waals surface area contributed by atoms with E-state index in [1.54, 1.807) is 0 Å². The summed E-state index contributed by atoms with van der Waals surface area (Å²) in [5.41, 5.74) is 0. The van der Waals surface area contributed by atoms with E-state index in [0.29, 0.717) is 0 Å². The summed E-state index contributed by atoms with van der Waals surface area (Å²) in [5.74, 6) is 0. The van der Waals surface area contributed by atoms with Crippen molar-refractivity contribution in [2.45, 2.75) is 0 Å². The Morgan fingerprint density at radius 1 is 0.545 bits per heavy atom. The average molecular weight is 669 g/mol. The van der Waals surface area contributed by atoms with Gasteiger partial charge in [-0.25, -0.2) is 0 Å². The maximum absolute atomic E-state index is 3.34. The van der Waals surface area contributed by atoms with Gasteiger partial charge in [-0.2, -0.15) is 0 Å². The standard InChI is InChI=1S/6BrH.3Na.H2O.Rh/h6*1H;;;;1H2;/q;;;;;;3*+1;;+3/p-6. The Bertz CT molecular complexity index is 76.4. The molecule has 0 aliphatic carbocycles. The van der Waals surface area contributed by atoms with Gasteiger partial charge in [0.15, 0.2) is 0 Å². The maximum Gasteiger partial charge on any atom is 1.00 e. The van der Waals surface area contributed by atoms with Crippen molar-refractivity contribution < 1.29 is 94.8 Å². The maximum atomic E-state index is 3.34. The molecule has 0 amide bonds. The van der Waals surface area contributed by atoms with Crippen LogP contribution in [0.1, 0.15) is 0 Å². The van der Waals surface area contributed by atoms with E-state index in [0.717, 1.165) is 0 Å². The van der Waals surface area contributed by atoms with E-state index < -0.39 is 0.665 Å². The summed E-state index contributed by atoms with van der Waals surface area (Å²) in [6.07, 6.45) is 0. The smallest absolute Gasteiger partial charge is 1.00 e. The van der Waals surface area contributed by atoms with Crippen molar-refractivity contribution in [2.24, 2.45) is 0 Å². The third-order valence-electron chi connectivity index (χ3n) is 0. The average Bonchev–Trinajstić information content (AvgIpc) is 0.592. The molecule has 2 N–H and O–H groups in total. The predicted molar refractivity (Wildman–Crippen MR) is 57.2 cm³/mol. The van der Waals surface area contributed by atoms with Crippen LogP contribution >= 0.6 is 81.7 Å². The molecule has 0 fully saturated rings. The Morgan fingerprint density at radius 2 is 0.545 bits per heavy atom. The van der Waals surface area contributed by atoms with Gasteiger partial charge in [0.1, 0.15) is 0 Å². The number of halogens is 6. The Kier molecular flexibility index (Phi) is 23.7. The molecule has 0 spiro atoms. The third-order valence-corrected chi connectivity index (χ3v) is 0. The second-order valence-corrected chi connectivity index (χ2v) is 114. The molecule has 0 aromatic carbocycles. The molecule has 0 aromatic heterocycles. The zero-order valence-corrected chi connectivity index (χ0v) is 23.3. The molecular weight excluding hydrogens is 667 g/mol. The summed E-state index contributed by atoms with van der Waals surface area (Å²) in [5, 5.41) is 0. The van der Waals surface area contributed by atoms with Gasteiger partial charge >= 0.3 is 171 Å². The Morgan fingerprint density at radius 3 is 0.545 bits per heavy atom. The molecule has 0 unspecified atom stereocenters. The van der Waals surface area contributed by atoms with Crippen LogP contribution in [-0.4, -0.2) is 5.48 Å². The van der Waals surface area contributed by atoms with Crippen molar-refractivity contribution in [3.63, 3.8) is 0 Å². The topological polar surface area (TPSA) is 31.5 Å². The minimum absolute atomic E-state index is 0. The van der Waals surface area contributed by atoms with Crippen molar-refractivity contribution in [3.05, 3.63) is 0 Å². The molecule has 0 heterocycles. The Labute approximate surface area is 171 Å². The van der Waals surface area contributed by atoms with Crippen LogP contribution < -0.4 is 88.7 Å². The second-order valence-electron chi connectivity index (χ2n) is 0.714. The van der Waals surface area contributed by atoms with Gasteiger partial charge in [0.2, 0.25) is 0 Å². The van der Waals surface area contributed by atoms with E-state index in [1.807, 2.05) is 0 Å². The molecule has 0 saturated heterocycles. The number of hydrogen-bond acceptors (Lipinski definition) is 0. The molecule has 0 saturated carbocycles. The Hall–Kier alpha value is 6.46. The fourth-order valence-electron chi connectivity index (χ4n) is 0. The van der Waals surface area contributed by atoms with Gasteiger partial charge in [0, 0.05) is 0 Å². The van der Waals surface area contributed by atoms with E-state index in [1.165, 1.54) is 0 Å². The molecule has 62 valence electrons. The predicted octanol–water partition coefficient (Wildman–Crippen LogP) is -4.74. The van der Waals surface area contributed by atoms with Crippen molar-refractivity contribution in [3.8, 4) is 0 Å². The van der Waals surface area contributed by atoms with Crippen molar-refractivity contribution in [1.29, 1.82) is 0 Å². The first-order valence-electron chi connectivity index (χ1n) is 0.756. The van der Waals surface area contributed by atoms with Gasteiger partial charge in [-0.15, -0.1) is 0 Å². The number of hydrogen-bond donors (Lipinski definition) is 0. The first-order chi connectivity index (χ1) is 2.45. The van der Waals surface area contributed by atoms with Crippen LogP contribution in [0, 0.1) is 0 Å².